The molecule has 0 bridgehead atoms. The second kappa shape index (κ2) is 7.98. The standard InChI is InChI=1S/C17H23F3N2O2/c1-12(23)21-15-7-8-16(17(18,19)20)22(10-15)9-13-3-5-14(6-4-13)11-24-2/h3-6,15-16H,7-11H2,1-2H3,(H,21,23)/t15-,16-/m0/s1. The van der Waals surface area contributed by atoms with Gasteiger partial charge in [-0.3, -0.25) is 9.69 Å². The fraction of sp³-hybridized carbons (Fsp3) is 0.588. The summed E-state index contributed by atoms with van der Waals surface area (Å²) in [6.07, 6.45) is -3.93. The molecule has 134 valence electrons. The molecule has 1 aliphatic heterocycles. The third kappa shape index (κ3) is 5.21. The lowest BCUT2D eigenvalue weighted by molar-refractivity contribution is -0.194. The lowest BCUT2D eigenvalue weighted by atomic mass is 9.96. The number of ether oxygens (including phenoxy) is 1. The average Bonchev–Trinajstić information content (AvgIpc) is 2.48. The minimum absolute atomic E-state index is 0.00376. The number of carbonyl (C=O) groups excluding carboxylic acids is 1. The fourth-order valence-corrected chi connectivity index (χ4v) is 3.14. The van der Waals surface area contributed by atoms with Gasteiger partial charge in [-0.05, 0) is 24.0 Å². The zero-order valence-corrected chi connectivity index (χ0v) is 13.9. The first-order valence-electron chi connectivity index (χ1n) is 7.94. The Hall–Kier alpha value is -1.60. The molecular weight excluding hydrogens is 321 g/mol. The normalized spacial score (nSPS) is 22.4. The van der Waals surface area contributed by atoms with Gasteiger partial charge in [0.1, 0.15) is 6.04 Å². The summed E-state index contributed by atoms with van der Waals surface area (Å²) >= 11 is 0. The van der Waals surface area contributed by atoms with Crippen LogP contribution in [0.15, 0.2) is 24.3 Å². The highest BCUT2D eigenvalue weighted by Crippen LogP contribution is 2.33. The number of benzene rings is 1. The van der Waals surface area contributed by atoms with Crippen molar-refractivity contribution in [1.29, 1.82) is 0 Å². The number of hydrogen-bond acceptors (Lipinski definition) is 3. The van der Waals surface area contributed by atoms with Crippen LogP contribution in [0.3, 0.4) is 0 Å². The summed E-state index contributed by atoms with van der Waals surface area (Å²) in [5, 5.41) is 2.73. The molecule has 1 N–H and O–H groups in total. The van der Waals surface area contributed by atoms with Crippen LogP contribution in [-0.4, -0.2) is 42.7 Å². The molecule has 24 heavy (non-hydrogen) atoms. The molecule has 1 heterocycles. The molecule has 2 rings (SSSR count). The van der Waals surface area contributed by atoms with Crippen LogP contribution in [0.25, 0.3) is 0 Å². The van der Waals surface area contributed by atoms with Crippen molar-refractivity contribution >= 4 is 5.91 Å². The molecule has 1 saturated heterocycles. The van der Waals surface area contributed by atoms with Gasteiger partial charge >= 0.3 is 6.18 Å². The molecule has 0 saturated carbocycles. The summed E-state index contributed by atoms with van der Waals surface area (Å²) in [6.45, 7) is 2.26. The Morgan fingerprint density at radius 3 is 2.42 bits per heavy atom. The number of methoxy groups -OCH3 is 1. The summed E-state index contributed by atoms with van der Waals surface area (Å²) in [5.74, 6) is -0.214. The Bertz CT molecular complexity index is 546. The first-order chi connectivity index (χ1) is 11.3. The molecule has 1 aromatic rings. The zero-order chi connectivity index (χ0) is 17.7. The van der Waals surface area contributed by atoms with E-state index in [1.807, 2.05) is 24.3 Å². The highest BCUT2D eigenvalue weighted by atomic mass is 19.4. The molecule has 1 aromatic carbocycles. The van der Waals surface area contributed by atoms with E-state index < -0.39 is 12.2 Å². The Balaban J connectivity index is 2.09. The van der Waals surface area contributed by atoms with Gasteiger partial charge in [-0.25, -0.2) is 0 Å². The van der Waals surface area contributed by atoms with Crippen LogP contribution >= 0.6 is 0 Å². The van der Waals surface area contributed by atoms with Crippen molar-refractivity contribution in [2.45, 2.75) is 51.2 Å². The summed E-state index contributed by atoms with van der Waals surface area (Å²) in [7, 11) is 1.59. The van der Waals surface area contributed by atoms with Crippen molar-refractivity contribution < 1.29 is 22.7 Å². The molecule has 2 atom stereocenters. The van der Waals surface area contributed by atoms with Gasteiger partial charge in [-0.1, -0.05) is 24.3 Å². The van der Waals surface area contributed by atoms with E-state index in [1.54, 1.807) is 7.11 Å². The maximum atomic E-state index is 13.3. The van der Waals surface area contributed by atoms with Gasteiger partial charge in [-0.2, -0.15) is 13.2 Å². The monoisotopic (exact) mass is 344 g/mol. The van der Waals surface area contributed by atoms with E-state index in [1.165, 1.54) is 11.8 Å². The van der Waals surface area contributed by atoms with Crippen molar-refractivity contribution in [3.8, 4) is 0 Å². The smallest absolute Gasteiger partial charge is 0.380 e. The molecule has 1 fully saturated rings. The predicted molar refractivity (Wildman–Crippen MR) is 84.2 cm³/mol. The highest BCUT2D eigenvalue weighted by molar-refractivity contribution is 5.73. The zero-order valence-electron chi connectivity index (χ0n) is 13.9. The van der Waals surface area contributed by atoms with Crippen molar-refractivity contribution in [2.75, 3.05) is 13.7 Å². The maximum Gasteiger partial charge on any atom is 0.404 e. The molecule has 0 unspecified atom stereocenters. The maximum absolute atomic E-state index is 13.3. The number of halogens is 3. The van der Waals surface area contributed by atoms with Gasteiger partial charge in [-0.15, -0.1) is 0 Å². The van der Waals surface area contributed by atoms with Gasteiger partial charge in [0, 0.05) is 33.2 Å². The second-order valence-corrected chi connectivity index (χ2v) is 6.21. The van der Waals surface area contributed by atoms with Gasteiger partial charge in [0.25, 0.3) is 0 Å². The predicted octanol–water partition coefficient (Wildman–Crippen LogP) is 2.86. The number of hydrogen-bond donors (Lipinski definition) is 1. The molecule has 0 aliphatic carbocycles. The summed E-state index contributed by atoms with van der Waals surface area (Å²) in [4.78, 5) is 12.6. The Morgan fingerprint density at radius 1 is 1.25 bits per heavy atom. The van der Waals surface area contributed by atoms with Crippen molar-refractivity contribution in [1.82, 2.24) is 10.2 Å². The van der Waals surface area contributed by atoms with E-state index in [2.05, 4.69) is 5.32 Å². The number of carbonyl (C=O) groups is 1. The molecule has 0 spiro atoms. The SMILES string of the molecule is COCc1ccc(CN2C[C@@H](NC(C)=O)CC[C@H]2C(F)(F)F)cc1. The molecule has 7 heteroatoms. The summed E-state index contributed by atoms with van der Waals surface area (Å²) in [6, 6.07) is 5.65. The number of alkyl halides is 3. The average molecular weight is 344 g/mol. The van der Waals surface area contributed by atoms with Crippen LogP contribution in [-0.2, 0) is 22.7 Å². The quantitative estimate of drug-likeness (QED) is 0.893. The Labute approximate surface area is 140 Å². The number of amides is 1. The highest BCUT2D eigenvalue weighted by Gasteiger charge is 2.46. The van der Waals surface area contributed by atoms with Gasteiger partial charge < -0.3 is 10.1 Å². The molecule has 0 aromatic heterocycles. The summed E-state index contributed by atoms with van der Waals surface area (Å²) in [5.41, 5.74) is 1.79. The molecular formula is C17H23F3N2O2. The van der Waals surface area contributed by atoms with E-state index in [0.717, 1.165) is 11.1 Å². The van der Waals surface area contributed by atoms with Crippen LogP contribution in [0.4, 0.5) is 13.2 Å². The minimum Gasteiger partial charge on any atom is -0.380 e. The Morgan fingerprint density at radius 2 is 1.88 bits per heavy atom. The van der Waals surface area contributed by atoms with Crippen molar-refractivity contribution in [3.05, 3.63) is 35.4 Å². The van der Waals surface area contributed by atoms with E-state index >= 15 is 0 Å². The number of rotatable bonds is 5. The second-order valence-electron chi connectivity index (χ2n) is 6.21. The third-order valence-corrected chi connectivity index (χ3v) is 4.19. The van der Waals surface area contributed by atoms with Crippen LogP contribution < -0.4 is 5.32 Å². The molecule has 4 nitrogen and oxygen atoms in total. The van der Waals surface area contributed by atoms with Gasteiger partial charge in [0.2, 0.25) is 5.91 Å². The van der Waals surface area contributed by atoms with Crippen molar-refractivity contribution in [2.24, 2.45) is 0 Å². The summed E-state index contributed by atoms with van der Waals surface area (Å²) < 4.78 is 44.9. The van der Waals surface area contributed by atoms with Crippen LogP contribution in [0.5, 0.6) is 0 Å². The largest absolute Gasteiger partial charge is 0.404 e. The topological polar surface area (TPSA) is 41.6 Å². The number of likely N-dealkylation sites (tertiary alicyclic amines) is 1. The lowest BCUT2D eigenvalue weighted by Gasteiger charge is -2.40. The number of piperidine rings is 1. The van der Waals surface area contributed by atoms with Crippen molar-refractivity contribution in [3.63, 3.8) is 0 Å². The minimum atomic E-state index is -4.27. The number of nitrogens with one attached hydrogen (secondary N) is 1. The lowest BCUT2D eigenvalue weighted by Crippen LogP contribution is -2.55. The van der Waals surface area contributed by atoms with E-state index in [-0.39, 0.29) is 31.5 Å². The van der Waals surface area contributed by atoms with Crippen LogP contribution in [0, 0.1) is 0 Å². The molecule has 1 aliphatic rings. The van der Waals surface area contributed by atoms with E-state index in [9.17, 15) is 18.0 Å². The molecule has 1 amide bonds. The first-order valence-corrected chi connectivity index (χ1v) is 7.94. The fourth-order valence-electron chi connectivity index (χ4n) is 3.14. The first kappa shape index (κ1) is 18.7. The van der Waals surface area contributed by atoms with Gasteiger partial charge in [0.05, 0.1) is 6.61 Å². The van der Waals surface area contributed by atoms with Crippen LogP contribution in [0.2, 0.25) is 0 Å². The van der Waals surface area contributed by atoms with E-state index in [4.69, 9.17) is 4.74 Å². The number of nitrogens with zero attached hydrogens (tertiary/aromatic N) is 1. The molecule has 0 radical (unpaired) electrons. The Kier molecular flexibility index (Phi) is 6.23. The van der Waals surface area contributed by atoms with E-state index in [0.29, 0.717) is 13.0 Å². The van der Waals surface area contributed by atoms with Crippen LogP contribution in [0.1, 0.15) is 30.9 Å². The van der Waals surface area contributed by atoms with Gasteiger partial charge in [0.15, 0.2) is 0 Å². The third-order valence-electron chi connectivity index (χ3n) is 4.19.